The number of carbonyl (C=O) groups excluding carboxylic acids is 1. The molecule has 1 aliphatic heterocycles. The topological polar surface area (TPSA) is 167 Å². The van der Waals surface area contributed by atoms with E-state index in [1.807, 2.05) is 20.0 Å². The van der Waals surface area contributed by atoms with Crippen molar-refractivity contribution in [2.45, 2.75) is 53.0 Å². The maximum atomic E-state index is 12.7. The van der Waals surface area contributed by atoms with Crippen LogP contribution >= 0.6 is 8.09 Å². The molecule has 2 aliphatic rings. The van der Waals surface area contributed by atoms with Gasteiger partial charge in [-0.15, -0.1) is 0 Å². The van der Waals surface area contributed by atoms with Crippen molar-refractivity contribution in [3.8, 4) is 0 Å². The van der Waals surface area contributed by atoms with Crippen molar-refractivity contribution in [1.29, 1.82) is 0 Å². The fraction of sp³-hybridized carbons (Fsp3) is 0.636. The Labute approximate surface area is 203 Å². The van der Waals surface area contributed by atoms with Crippen molar-refractivity contribution in [2.24, 2.45) is 17.3 Å². The Balaban J connectivity index is 1.40. The molecule has 1 aliphatic carbocycles. The van der Waals surface area contributed by atoms with Gasteiger partial charge in [0.2, 0.25) is 0 Å². The van der Waals surface area contributed by atoms with Crippen LogP contribution in [0, 0.1) is 17.3 Å². The van der Waals surface area contributed by atoms with Gasteiger partial charge in [-0.2, -0.15) is 0 Å². The van der Waals surface area contributed by atoms with Crippen molar-refractivity contribution in [1.82, 2.24) is 24.6 Å². The molecule has 0 unspecified atom stereocenters. The predicted molar refractivity (Wildman–Crippen MR) is 133 cm³/mol. The van der Waals surface area contributed by atoms with Crippen LogP contribution in [0.15, 0.2) is 16.7 Å². The van der Waals surface area contributed by atoms with Crippen LogP contribution < -0.4 is 16.4 Å². The van der Waals surface area contributed by atoms with Gasteiger partial charge in [-0.3, -0.25) is 0 Å². The fourth-order valence-corrected chi connectivity index (χ4v) is 6.18. The Morgan fingerprint density at radius 2 is 2.09 bits per heavy atom. The van der Waals surface area contributed by atoms with Crippen molar-refractivity contribution in [3.05, 3.63) is 22.3 Å². The average Bonchev–Trinajstić information content (AvgIpc) is 3.33. The molecule has 2 aromatic heterocycles. The van der Waals surface area contributed by atoms with Crippen molar-refractivity contribution >= 4 is 37.4 Å². The molecule has 5 N–H and O–H groups in total. The number of aromatic nitrogens is 4. The summed E-state index contributed by atoms with van der Waals surface area (Å²) in [7, 11) is -3.79. The van der Waals surface area contributed by atoms with Gasteiger partial charge in [-0.25, -0.2) is 0 Å². The molecule has 13 heteroatoms. The molecule has 0 amide bonds. The first-order chi connectivity index (χ1) is 16.6. The van der Waals surface area contributed by atoms with Crippen molar-refractivity contribution < 1.29 is 23.5 Å². The second-order valence-electron chi connectivity index (χ2n) is 9.72. The second-order valence-corrected chi connectivity index (χ2v) is 11.8. The van der Waals surface area contributed by atoms with Gasteiger partial charge in [0.15, 0.2) is 0 Å². The first kappa shape index (κ1) is 25.7. The Morgan fingerprint density at radius 3 is 2.71 bits per heavy atom. The van der Waals surface area contributed by atoms with E-state index in [-0.39, 0.29) is 36.0 Å². The Bertz CT molecular complexity index is 1160. The van der Waals surface area contributed by atoms with Gasteiger partial charge in [0, 0.05) is 0 Å². The van der Waals surface area contributed by atoms with Gasteiger partial charge < -0.3 is 0 Å². The minimum absolute atomic E-state index is 0.0118. The van der Waals surface area contributed by atoms with E-state index in [0.29, 0.717) is 24.6 Å². The summed E-state index contributed by atoms with van der Waals surface area (Å²) in [5.74, 6) is -0.219. The van der Waals surface area contributed by atoms with E-state index in [1.54, 1.807) is 4.57 Å². The van der Waals surface area contributed by atoms with E-state index in [4.69, 9.17) is 19.5 Å². The van der Waals surface area contributed by atoms with E-state index >= 15 is 0 Å². The van der Waals surface area contributed by atoms with Gasteiger partial charge in [-0.05, 0) is 0 Å². The number of aromatic amines is 1. The first-order valence-corrected chi connectivity index (χ1v) is 13.7. The van der Waals surface area contributed by atoms with E-state index in [0.717, 1.165) is 18.4 Å². The number of hydrogen-bond acceptors (Lipinski definition) is 10. The number of anilines is 1. The molecule has 1 saturated heterocycles. The van der Waals surface area contributed by atoms with Crippen LogP contribution in [0.1, 0.15) is 47.0 Å². The number of H-pyrrole nitrogens is 1. The number of imidazole rings is 1. The van der Waals surface area contributed by atoms with E-state index in [1.165, 1.54) is 6.33 Å². The standard InChI is InChI=1S/C22H35N6O6P/c1-5-14(6-2)9-32-20(30)16(13(3)4)27-35(31)33-10-22(11-34-35)7-15(22)8-28-12-24-17-18(28)25-21(23)26-19(17)29/h8,12-14,16,27,31,35H,5-7,9-11H2,1-4H3,(H3,23,25,26,29)/b15-8-/t16-/m0/s1. The third-order valence-corrected chi connectivity index (χ3v) is 8.54. The number of ether oxygens (including phenoxy) is 1. The third-order valence-electron chi connectivity index (χ3n) is 6.79. The fourth-order valence-electron chi connectivity index (χ4n) is 4.14. The molecule has 3 heterocycles. The summed E-state index contributed by atoms with van der Waals surface area (Å²) in [6.45, 7) is 8.72. The van der Waals surface area contributed by atoms with E-state index in [9.17, 15) is 14.5 Å². The quantitative estimate of drug-likeness (QED) is 0.289. The molecular formula is C22H35N6O6P. The van der Waals surface area contributed by atoms with Crippen LogP contribution in [-0.4, -0.2) is 56.2 Å². The molecule has 1 atom stereocenters. The van der Waals surface area contributed by atoms with E-state index < -0.39 is 25.7 Å². The van der Waals surface area contributed by atoms with Crippen molar-refractivity contribution in [3.63, 3.8) is 0 Å². The van der Waals surface area contributed by atoms with Gasteiger partial charge in [-0.1, -0.05) is 0 Å². The molecule has 1 saturated carbocycles. The number of fused-ring (bicyclic) bond motifs is 1. The van der Waals surface area contributed by atoms with Crippen LogP contribution in [0.5, 0.6) is 0 Å². The number of hydrogen-bond donors (Lipinski definition) is 4. The Hall–Kier alpha value is -2.37. The molecule has 2 aromatic rings. The molecule has 0 aromatic carbocycles. The average molecular weight is 511 g/mol. The molecular weight excluding hydrogens is 475 g/mol. The number of nitrogen functional groups attached to an aromatic ring is 1. The van der Waals surface area contributed by atoms with Crippen LogP contribution in [0.25, 0.3) is 17.4 Å². The molecule has 1 spiro atoms. The summed E-state index contributed by atoms with van der Waals surface area (Å²) >= 11 is 0. The van der Waals surface area contributed by atoms with Crippen LogP contribution in [-0.2, 0) is 18.6 Å². The Kier molecular flexibility index (Phi) is 7.31. The monoisotopic (exact) mass is 510 g/mol. The van der Waals surface area contributed by atoms with E-state index in [2.05, 4.69) is 33.9 Å². The molecule has 0 radical (unpaired) electrons. The first-order valence-electron chi connectivity index (χ1n) is 12.0. The summed E-state index contributed by atoms with van der Waals surface area (Å²) in [6.07, 6.45) is 5.89. The van der Waals surface area contributed by atoms with Gasteiger partial charge in [0.1, 0.15) is 0 Å². The predicted octanol–water partition coefficient (Wildman–Crippen LogP) is 1.98. The number of carbonyl (C=O) groups is 1. The summed E-state index contributed by atoms with van der Waals surface area (Å²) in [5.41, 5.74) is 6.45. The zero-order valence-corrected chi connectivity index (χ0v) is 21.5. The SMILES string of the molecule is CCC(CC)COC(=O)[C@@H](N[PH]1(O)OCC2(CO1)C/C2=C/n1cnc2c(=O)[nH]c(N)nc21)C(C)C. The summed E-state index contributed by atoms with van der Waals surface area (Å²) in [5, 5.41) is 2.93. The molecule has 4 rings (SSSR count). The molecule has 194 valence electrons. The molecule has 35 heavy (non-hydrogen) atoms. The number of rotatable bonds is 9. The maximum absolute atomic E-state index is 12.7. The molecule has 2 fully saturated rings. The summed E-state index contributed by atoms with van der Waals surface area (Å²) in [4.78, 5) is 46.4. The van der Waals surface area contributed by atoms with Crippen LogP contribution in [0.4, 0.5) is 5.95 Å². The molecule has 12 nitrogen and oxygen atoms in total. The number of nitrogens with zero attached hydrogens (tertiary/aromatic N) is 3. The number of nitrogens with one attached hydrogen (secondary N) is 2. The van der Waals surface area contributed by atoms with Gasteiger partial charge in [0.05, 0.1) is 0 Å². The van der Waals surface area contributed by atoms with Crippen LogP contribution in [0.3, 0.4) is 0 Å². The normalized spacial score (nSPS) is 24.4. The molecule has 0 bridgehead atoms. The zero-order valence-electron chi connectivity index (χ0n) is 20.5. The Morgan fingerprint density at radius 1 is 1.40 bits per heavy atom. The minimum atomic E-state index is -3.79. The van der Waals surface area contributed by atoms with Crippen molar-refractivity contribution in [2.75, 3.05) is 25.6 Å². The number of esters is 1. The van der Waals surface area contributed by atoms with Gasteiger partial charge in [0.25, 0.3) is 0 Å². The zero-order chi connectivity index (χ0) is 25.4. The van der Waals surface area contributed by atoms with Crippen LogP contribution in [0.2, 0.25) is 0 Å². The summed E-state index contributed by atoms with van der Waals surface area (Å²) in [6, 6.07) is -0.740. The van der Waals surface area contributed by atoms with Gasteiger partial charge >= 0.3 is 204 Å². The second kappa shape index (κ2) is 9.94. The number of nitrogens with two attached hydrogens (primary N) is 1. The third kappa shape index (κ3) is 5.41. The summed E-state index contributed by atoms with van der Waals surface area (Å²) < 4.78 is 18.8.